The Morgan fingerprint density at radius 3 is 2.25 bits per heavy atom. The molecule has 0 aliphatic heterocycles. The van der Waals surface area contributed by atoms with Gasteiger partial charge in [-0.25, -0.2) is 0 Å². The van der Waals surface area contributed by atoms with Crippen molar-refractivity contribution < 1.29 is 4.74 Å². The Morgan fingerprint density at radius 2 is 1.75 bits per heavy atom. The fourth-order valence-corrected chi connectivity index (χ4v) is 1.87. The summed E-state index contributed by atoms with van der Waals surface area (Å²) in [5, 5.41) is 4.22. The molecule has 0 amide bonds. The summed E-state index contributed by atoms with van der Waals surface area (Å²) in [6, 6.07) is 9.00. The summed E-state index contributed by atoms with van der Waals surface area (Å²) < 4.78 is 6.97. The normalized spacial score (nSPS) is 11.1. The third-order valence-electron chi connectivity index (χ3n) is 2.94. The van der Waals surface area contributed by atoms with Crippen molar-refractivity contribution in [1.82, 2.24) is 9.78 Å². The van der Waals surface area contributed by atoms with Gasteiger partial charge in [-0.15, -0.1) is 0 Å². The summed E-state index contributed by atoms with van der Waals surface area (Å²) in [7, 11) is 0. The molecule has 0 saturated carbocycles. The predicted molar refractivity (Wildman–Crippen MR) is 79.7 cm³/mol. The van der Waals surface area contributed by atoms with Gasteiger partial charge in [-0.1, -0.05) is 13.8 Å². The van der Waals surface area contributed by atoms with E-state index in [1.54, 1.807) is 12.3 Å². The van der Waals surface area contributed by atoms with Crippen LogP contribution in [0.25, 0.3) is 5.69 Å². The van der Waals surface area contributed by atoms with Crippen LogP contribution >= 0.6 is 0 Å². The van der Waals surface area contributed by atoms with Gasteiger partial charge < -0.3 is 4.74 Å². The maximum atomic E-state index is 12.1. The first-order valence-electron chi connectivity index (χ1n) is 6.83. The van der Waals surface area contributed by atoms with Crippen LogP contribution in [0.1, 0.15) is 39.2 Å². The van der Waals surface area contributed by atoms with Crippen LogP contribution in [0, 0.1) is 0 Å². The van der Waals surface area contributed by atoms with Crippen molar-refractivity contribution in [1.29, 1.82) is 0 Å². The molecule has 0 aliphatic rings. The Bertz CT molecular complexity index is 628. The predicted octanol–water partition coefficient (Wildman–Crippen LogP) is 3.14. The van der Waals surface area contributed by atoms with Gasteiger partial charge in [0.15, 0.2) is 0 Å². The van der Waals surface area contributed by atoms with Gasteiger partial charge in [0.05, 0.1) is 18.0 Å². The van der Waals surface area contributed by atoms with Gasteiger partial charge in [0.2, 0.25) is 0 Å². The maximum absolute atomic E-state index is 12.1. The Kier molecular flexibility index (Phi) is 4.23. The van der Waals surface area contributed by atoms with Gasteiger partial charge >= 0.3 is 0 Å². The molecule has 0 N–H and O–H groups in total. The van der Waals surface area contributed by atoms with Crippen LogP contribution in [-0.2, 0) is 0 Å². The Morgan fingerprint density at radius 1 is 1.10 bits per heavy atom. The first kappa shape index (κ1) is 14.3. The van der Waals surface area contributed by atoms with E-state index in [1.807, 2.05) is 52.0 Å². The van der Waals surface area contributed by atoms with Crippen LogP contribution in [0.4, 0.5) is 0 Å². The van der Waals surface area contributed by atoms with Crippen LogP contribution in [0.15, 0.2) is 41.3 Å². The molecule has 0 atom stereocenters. The minimum absolute atomic E-state index is 0.117. The minimum Gasteiger partial charge on any atom is -0.491 e. The first-order chi connectivity index (χ1) is 9.47. The molecule has 0 fully saturated rings. The Labute approximate surface area is 119 Å². The van der Waals surface area contributed by atoms with Crippen molar-refractivity contribution in [3.8, 4) is 11.4 Å². The number of nitrogens with zero attached hydrogens (tertiary/aromatic N) is 2. The molecular formula is C16H20N2O2. The van der Waals surface area contributed by atoms with E-state index >= 15 is 0 Å². The Balaban J connectivity index is 2.30. The van der Waals surface area contributed by atoms with Crippen LogP contribution in [0.5, 0.6) is 5.75 Å². The number of aromatic nitrogens is 2. The molecule has 0 aliphatic carbocycles. The van der Waals surface area contributed by atoms with Crippen molar-refractivity contribution in [2.75, 3.05) is 0 Å². The summed E-state index contributed by atoms with van der Waals surface area (Å²) in [6.45, 7) is 8.03. The minimum atomic E-state index is -0.117. The smallest absolute Gasteiger partial charge is 0.271 e. The van der Waals surface area contributed by atoms with Gasteiger partial charge in [-0.2, -0.15) is 9.78 Å². The van der Waals surface area contributed by atoms with Crippen LogP contribution in [0.3, 0.4) is 0 Å². The second-order valence-electron chi connectivity index (χ2n) is 5.35. The largest absolute Gasteiger partial charge is 0.491 e. The molecule has 0 spiro atoms. The zero-order valence-corrected chi connectivity index (χ0v) is 12.3. The molecule has 4 heteroatoms. The number of rotatable bonds is 4. The van der Waals surface area contributed by atoms with Gasteiger partial charge in [0.1, 0.15) is 5.75 Å². The summed E-state index contributed by atoms with van der Waals surface area (Å²) in [4.78, 5) is 12.1. The van der Waals surface area contributed by atoms with E-state index in [0.717, 1.165) is 17.0 Å². The van der Waals surface area contributed by atoms with Crippen molar-refractivity contribution in [2.24, 2.45) is 0 Å². The highest BCUT2D eigenvalue weighted by molar-refractivity contribution is 5.36. The van der Waals surface area contributed by atoms with Crippen molar-refractivity contribution in [3.63, 3.8) is 0 Å². The molecule has 106 valence electrons. The van der Waals surface area contributed by atoms with Crippen molar-refractivity contribution in [2.45, 2.75) is 39.7 Å². The van der Waals surface area contributed by atoms with E-state index in [9.17, 15) is 4.79 Å². The topological polar surface area (TPSA) is 44.1 Å². The molecule has 2 rings (SSSR count). The molecule has 0 radical (unpaired) electrons. The second-order valence-corrected chi connectivity index (χ2v) is 5.35. The number of hydrogen-bond donors (Lipinski definition) is 0. The van der Waals surface area contributed by atoms with E-state index in [-0.39, 0.29) is 11.7 Å². The highest BCUT2D eigenvalue weighted by atomic mass is 16.5. The van der Waals surface area contributed by atoms with E-state index < -0.39 is 0 Å². The highest BCUT2D eigenvalue weighted by Gasteiger charge is 2.06. The number of hydrogen-bond acceptors (Lipinski definition) is 3. The molecule has 0 unspecified atom stereocenters. The molecule has 0 bridgehead atoms. The lowest BCUT2D eigenvalue weighted by atomic mass is 10.1. The standard InChI is InChI=1S/C16H20N2O2/c1-11(2)13-9-16(19)18(17-10-13)14-5-7-15(8-6-14)20-12(3)4/h5-12H,1-4H3. The van der Waals surface area contributed by atoms with Gasteiger partial charge in [0, 0.05) is 6.07 Å². The lowest BCUT2D eigenvalue weighted by Crippen LogP contribution is -2.21. The van der Waals surface area contributed by atoms with Crippen LogP contribution < -0.4 is 10.3 Å². The van der Waals surface area contributed by atoms with Crippen LogP contribution in [0.2, 0.25) is 0 Å². The average Bonchev–Trinajstić information content (AvgIpc) is 2.39. The average molecular weight is 272 g/mol. The fraction of sp³-hybridized carbons (Fsp3) is 0.375. The van der Waals surface area contributed by atoms with Crippen molar-refractivity contribution >= 4 is 0 Å². The summed E-state index contributed by atoms with van der Waals surface area (Å²) in [5.41, 5.74) is 1.57. The molecule has 1 aromatic carbocycles. The third-order valence-corrected chi connectivity index (χ3v) is 2.94. The fourth-order valence-electron chi connectivity index (χ4n) is 1.87. The molecule has 1 aromatic heterocycles. The van der Waals surface area contributed by atoms with E-state index in [4.69, 9.17) is 4.74 Å². The summed E-state index contributed by atoms with van der Waals surface area (Å²) >= 11 is 0. The van der Waals surface area contributed by atoms with E-state index in [2.05, 4.69) is 5.10 Å². The zero-order valence-electron chi connectivity index (χ0n) is 12.3. The molecule has 0 saturated heterocycles. The monoisotopic (exact) mass is 272 g/mol. The SMILES string of the molecule is CC(C)Oc1ccc(-n2ncc(C(C)C)cc2=O)cc1. The molecular weight excluding hydrogens is 252 g/mol. The number of ether oxygens (including phenoxy) is 1. The molecule has 20 heavy (non-hydrogen) atoms. The van der Waals surface area contributed by atoms with Gasteiger partial charge in [0.25, 0.3) is 5.56 Å². The van der Waals surface area contributed by atoms with Crippen molar-refractivity contribution in [3.05, 3.63) is 52.4 Å². The highest BCUT2D eigenvalue weighted by Crippen LogP contribution is 2.16. The summed E-state index contributed by atoms with van der Waals surface area (Å²) in [6.07, 6.45) is 1.87. The van der Waals surface area contributed by atoms with E-state index in [0.29, 0.717) is 5.92 Å². The zero-order chi connectivity index (χ0) is 14.7. The van der Waals surface area contributed by atoms with Gasteiger partial charge in [-0.3, -0.25) is 4.79 Å². The molecule has 2 aromatic rings. The summed E-state index contributed by atoms with van der Waals surface area (Å²) in [5.74, 6) is 1.09. The van der Waals surface area contributed by atoms with Gasteiger partial charge in [-0.05, 0) is 49.6 Å². The lowest BCUT2D eigenvalue weighted by molar-refractivity contribution is 0.242. The number of benzene rings is 1. The lowest BCUT2D eigenvalue weighted by Gasteiger charge is -2.11. The van der Waals surface area contributed by atoms with E-state index in [1.165, 1.54) is 4.68 Å². The third kappa shape index (κ3) is 3.26. The second kappa shape index (κ2) is 5.90. The van der Waals surface area contributed by atoms with Crippen LogP contribution in [-0.4, -0.2) is 15.9 Å². The maximum Gasteiger partial charge on any atom is 0.271 e. The quantitative estimate of drug-likeness (QED) is 0.858. The molecule has 1 heterocycles. The first-order valence-corrected chi connectivity index (χ1v) is 6.83. The molecule has 4 nitrogen and oxygen atoms in total. The Hall–Kier alpha value is -2.10.